The molecule has 1 aromatic heterocycles. The lowest BCUT2D eigenvalue weighted by molar-refractivity contribution is -0.129. The number of aliphatic hydroxyl groups is 1. The lowest BCUT2D eigenvalue weighted by atomic mass is 10.1. The Morgan fingerprint density at radius 2 is 2.00 bits per heavy atom. The molecule has 1 aromatic carbocycles. The molecule has 0 spiro atoms. The molecule has 1 unspecified atom stereocenters. The summed E-state index contributed by atoms with van der Waals surface area (Å²) in [7, 11) is 0. The highest BCUT2D eigenvalue weighted by molar-refractivity contribution is 6.30. The van der Waals surface area contributed by atoms with Crippen molar-refractivity contribution in [3.63, 3.8) is 0 Å². The van der Waals surface area contributed by atoms with Crippen molar-refractivity contribution in [1.82, 2.24) is 10.3 Å². The molecule has 4 nitrogen and oxygen atoms in total. The van der Waals surface area contributed by atoms with E-state index < -0.39 is 12.0 Å². The zero-order valence-corrected chi connectivity index (χ0v) is 10.8. The van der Waals surface area contributed by atoms with Crippen molar-refractivity contribution in [1.29, 1.82) is 0 Å². The summed E-state index contributed by atoms with van der Waals surface area (Å²) in [6, 6.07) is 11.9. The second-order valence-electron chi connectivity index (χ2n) is 3.99. The Labute approximate surface area is 116 Å². The van der Waals surface area contributed by atoms with Gasteiger partial charge in [0, 0.05) is 11.2 Å². The van der Waals surface area contributed by atoms with Gasteiger partial charge in [-0.1, -0.05) is 29.8 Å². The molecule has 98 valence electrons. The van der Waals surface area contributed by atoms with Crippen molar-refractivity contribution < 1.29 is 9.90 Å². The van der Waals surface area contributed by atoms with Crippen molar-refractivity contribution in [2.75, 3.05) is 0 Å². The summed E-state index contributed by atoms with van der Waals surface area (Å²) in [4.78, 5) is 15.9. The van der Waals surface area contributed by atoms with Gasteiger partial charge in [0.25, 0.3) is 5.91 Å². The number of nitrogens with one attached hydrogen (secondary N) is 1. The number of hydrogen-bond acceptors (Lipinski definition) is 3. The van der Waals surface area contributed by atoms with Crippen LogP contribution in [0.2, 0.25) is 5.02 Å². The monoisotopic (exact) mass is 276 g/mol. The van der Waals surface area contributed by atoms with E-state index >= 15 is 0 Å². The predicted octanol–water partition coefficient (Wildman–Crippen LogP) is 2.08. The van der Waals surface area contributed by atoms with Crippen molar-refractivity contribution in [3.8, 4) is 0 Å². The van der Waals surface area contributed by atoms with Crippen molar-refractivity contribution in [3.05, 3.63) is 64.9 Å². The first-order valence-corrected chi connectivity index (χ1v) is 6.16. The van der Waals surface area contributed by atoms with E-state index in [1.807, 2.05) is 6.07 Å². The zero-order valence-electron chi connectivity index (χ0n) is 10.1. The Hall–Kier alpha value is -1.91. The van der Waals surface area contributed by atoms with E-state index in [4.69, 9.17) is 11.6 Å². The molecule has 2 rings (SSSR count). The zero-order chi connectivity index (χ0) is 13.7. The number of aliphatic hydroxyl groups excluding tert-OH is 1. The molecular weight excluding hydrogens is 264 g/mol. The number of halogens is 1. The third-order valence-corrected chi connectivity index (χ3v) is 2.86. The van der Waals surface area contributed by atoms with Gasteiger partial charge >= 0.3 is 0 Å². The van der Waals surface area contributed by atoms with Gasteiger partial charge in [0.1, 0.15) is 0 Å². The van der Waals surface area contributed by atoms with Crippen LogP contribution < -0.4 is 5.32 Å². The van der Waals surface area contributed by atoms with Crippen molar-refractivity contribution in [2.45, 2.75) is 12.6 Å². The first-order chi connectivity index (χ1) is 9.16. The molecule has 0 saturated heterocycles. The van der Waals surface area contributed by atoms with E-state index in [0.717, 1.165) is 5.69 Å². The van der Waals surface area contributed by atoms with Gasteiger partial charge in [-0.25, -0.2) is 0 Å². The number of hydrogen-bond donors (Lipinski definition) is 2. The summed E-state index contributed by atoms with van der Waals surface area (Å²) in [5, 5.41) is 13.1. The molecule has 0 saturated carbocycles. The van der Waals surface area contributed by atoms with Gasteiger partial charge in [-0.2, -0.15) is 0 Å². The Morgan fingerprint density at radius 3 is 2.63 bits per heavy atom. The predicted molar refractivity (Wildman–Crippen MR) is 72.5 cm³/mol. The topological polar surface area (TPSA) is 62.2 Å². The normalized spacial score (nSPS) is 11.9. The molecule has 0 radical (unpaired) electrons. The van der Waals surface area contributed by atoms with Crippen LogP contribution >= 0.6 is 11.6 Å². The molecule has 0 aliphatic heterocycles. The molecule has 0 bridgehead atoms. The van der Waals surface area contributed by atoms with Crippen LogP contribution in [-0.2, 0) is 11.3 Å². The summed E-state index contributed by atoms with van der Waals surface area (Å²) >= 11 is 5.75. The van der Waals surface area contributed by atoms with E-state index in [-0.39, 0.29) is 6.54 Å². The van der Waals surface area contributed by atoms with Gasteiger partial charge in [0.05, 0.1) is 12.2 Å². The molecule has 1 amide bonds. The van der Waals surface area contributed by atoms with Gasteiger partial charge in [-0.05, 0) is 29.8 Å². The fourth-order valence-corrected chi connectivity index (χ4v) is 1.70. The lowest BCUT2D eigenvalue weighted by Gasteiger charge is -2.11. The summed E-state index contributed by atoms with van der Waals surface area (Å²) < 4.78 is 0. The number of nitrogens with zero attached hydrogens (tertiary/aromatic N) is 1. The van der Waals surface area contributed by atoms with Crippen molar-refractivity contribution >= 4 is 17.5 Å². The van der Waals surface area contributed by atoms with E-state index in [1.165, 1.54) is 0 Å². The van der Waals surface area contributed by atoms with Crippen molar-refractivity contribution in [2.24, 2.45) is 0 Å². The Morgan fingerprint density at radius 1 is 1.26 bits per heavy atom. The molecule has 1 atom stereocenters. The SMILES string of the molecule is O=C(NCc1ccccn1)C(O)c1ccc(Cl)cc1. The Balaban J connectivity index is 1.94. The number of carbonyl (C=O) groups excluding carboxylic acids is 1. The molecule has 0 fully saturated rings. The molecule has 2 aromatic rings. The van der Waals surface area contributed by atoms with Gasteiger partial charge in [0.15, 0.2) is 6.10 Å². The molecule has 0 aliphatic rings. The third-order valence-electron chi connectivity index (χ3n) is 2.60. The van der Waals surface area contributed by atoms with Gasteiger partial charge < -0.3 is 10.4 Å². The molecule has 5 heteroatoms. The van der Waals surface area contributed by atoms with E-state index in [1.54, 1.807) is 42.6 Å². The van der Waals surface area contributed by atoms with E-state index in [9.17, 15) is 9.90 Å². The van der Waals surface area contributed by atoms with Gasteiger partial charge in [0.2, 0.25) is 0 Å². The first kappa shape index (κ1) is 13.5. The summed E-state index contributed by atoms with van der Waals surface area (Å²) in [6.45, 7) is 0.282. The molecule has 2 N–H and O–H groups in total. The fourth-order valence-electron chi connectivity index (χ4n) is 1.57. The minimum absolute atomic E-state index is 0.282. The molecular formula is C14H13ClN2O2. The van der Waals surface area contributed by atoms with Crippen LogP contribution in [0.3, 0.4) is 0 Å². The van der Waals surface area contributed by atoms with Crippen LogP contribution in [0, 0.1) is 0 Å². The standard InChI is InChI=1S/C14H13ClN2O2/c15-11-6-4-10(5-7-11)13(18)14(19)17-9-12-3-1-2-8-16-12/h1-8,13,18H,9H2,(H,17,19). The number of benzene rings is 1. The average molecular weight is 277 g/mol. The van der Waals surface area contributed by atoms with Crippen LogP contribution in [0.1, 0.15) is 17.4 Å². The third kappa shape index (κ3) is 3.77. The number of carbonyl (C=O) groups is 1. The maximum Gasteiger partial charge on any atom is 0.253 e. The van der Waals surface area contributed by atoms with Crippen LogP contribution in [0.4, 0.5) is 0 Å². The highest BCUT2D eigenvalue weighted by Gasteiger charge is 2.16. The number of aromatic nitrogens is 1. The summed E-state index contributed by atoms with van der Waals surface area (Å²) in [6.07, 6.45) is 0.442. The maximum atomic E-state index is 11.8. The number of rotatable bonds is 4. The summed E-state index contributed by atoms with van der Waals surface area (Å²) in [5.74, 6) is -0.465. The van der Waals surface area contributed by atoms with Crippen LogP contribution in [-0.4, -0.2) is 16.0 Å². The van der Waals surface area contributed by atoms with E-state index in [2.05, 4.69) is 10.3 Å². The second-order valence-corrected chi connectivity index (χ2v) is 4.43. The number of pyridine rings is 1. The Kier molecular flexibility index (Phi) is 4.49. The minimum atomic E-state index is -1.21. The quantitative estimate of drug-likeness (QED) is 0.899. The largest absolute Gasteiger partial charge is 0.378 e. The minimum Gasteiger partial charge on any atom is -0.378 e. The highest BCUT2D eigenvalue weighted by atomic mass is 35.5. The number of amides is 1. The lowest BCUT2D eigenvalue weighted by Crippen LogP contribution is -2.29. The van der Waals surface area contributed by atoms with Gasteiger partial charge in [-0.15, -0.1) is 0 Å². The average Bonchev–Trinajstić information content (AvgIpc) is 2.46. The second kappa shape index (κ2) is 6.31. The van der Waals surface area contributed by atoms with Crippen LogP contribution in [0.5, 0.6) is 0 Å². The summed E-state index contributed by atoms with van der Waals surface area (Å²) in [5.41, 5.74) is 1.24. The highest BCUT2D eigenvalue weighted by Crippen LogP contribution is 2.16. The molecule has 19 heavy (non-hydrogen) atoms. The Bertz CT molecular complexity index is 543. The smallest absolute Gasteiger partial charge is 0.253 e. The molecule has 0 aliphatic carbocycles. The molecule has 1 heterocycles. The fraction of sp³-hybridized carbons (Fsp3) is 0.143. The van der Waals surface area contributed by atoms with Crippen LogP contribution in [0.15, 0.2) is 48.7 Å². The first-order valence-electron chi connectivity index (χ1n) is 5.78. The van der Waals surface area contributed by atoms with Gasteiger partial charge in [-0.3, -0.25) is 9.78 Å². The van der Waals surface area contributed by atoms with E-state index in [0.29, 0.717) is 10.6 Å². The maximum absolute atomic E-state index is 11.8. The van der Waals surface area contributed by atoms with Crippen LogP contribution in [0.25, 0.3) is 0 Å².